The summed E-state index contributed by atoms with van der Waals surface area (Å²) < 4.78 is 12.4. The quantitative estimate of drug-likeness (QED) is 0.628. The maximum atomic E-state index is 12.4. The number of amidine groups is 1. The molecule has 0 aromatic carbocycles. The zero-order valence-corrected chi connectivity index (χ0v) is 6.43. The summed E-state index contributed by atoms with van der Waals surface area (Å²) in [6.45, 7) is 0.935. The van der Waals surface area contributed by atoms with E-state index in [1.807, 2.05) is 0 Å². The second-order valence-electron chi connectivity index (χ2n) is 2.95. The molecule has 1 atom stereocenters. The van der Waals surface area contributed by atoms with Crippen molar-refractivity contribution in [1.29, 1.82) is 0 Å². The van der Waals surface area contributed by atoms with E-state index in [4.69, 9.17) is 5.73 Å². The molecule has 0 bridgehead atoms. The number of halogens is 1. The highest BCUT2D eigenvalue weighted by atomic mass is 19.1. The molecule has 0 aromatic rings. The van der Waals surface area contributed by atoms with E-state index in [2.05, 4.69) is 4.99 Å². The first-order valence-electron chi connectivity index (χ1n) is 3.46. The molecule has 0 amide bonds. The van der Waals surface area contributed by atoms with Crippen molar-refractivity contribution in [2.75, 3.05) is 13.2 Å². The number of rotatable bonds is 2. The lowest BCUT2D eigenvalue weighted by Gasteiger charge is -2.19. The Kier molecular flexibility index (Phi) is 1.93. The molecule has 1 aliphatic rings. The van der Waals surface area contributed by atoms with Gasteiger partial charge in [-0.05, 0) is 6.92 Å². The first-order valence-corrected chi connectivity index (χ1v) is 3.46. The lowest BCUT2D eigenvalue weighted by atomic mass is 9.84. The van der Waals surface area contributed by atoms with E-state index in [1.165, 1.54) is 6.92 Å². The number of nitrogens with two attached hydrogens (primary N) is 1. The SMILES string of the molecule is CC(=O)C1(CF)CN=C(N)C1. The largest absolute Gasteiger partial charge is 0.387 e. The standard InChI is InChI=1S/C7H11FN2O/c1-5(11)7(3-8)2-6(9)10-4-7/h2-4H2,1H3,(H2,9,10). The summed E-state index contributed by atoms with van der Waals surface area (Å²) in [5.41, 5.74) is 4.43. The molecule has 3 nitrogen and oxygen atoms in total. The zero-order chi connectivity index (χ0) is 8.48. The third-order valence-electron chi connectivity index (χ3n) is 2.11. The van der Waals surface area contributed by atoms with Crippen molar-refractivity contribution in [2.45, 2.75) is 13.3 Å². The molecule has 4 heteroatoms. The van der Waals surface area contributed by atoms with Gasteiger partial charge in [0.25, 0.3) is 0 Å². The van der Waals surface area contributed by atoms with Gasteiger partial charge < -0.3 is 5.73 Å². The number of hydrogen-bond donors (Lipinski definition) is 1. The van der Waals surface area contributed by atoms with Crippen LogP contribution in [0.15, 0.2) is 4.99 Å². The van der Waals surface area contributed by atoms with E-state index in [9.17, 15) is 9.18 Å². The zero-order valence-electron chi connectivity index (χ0n) is 6.43. The molecule has 0 fully saturated rings. The molecule has 1 heterocycles. The number of nitrogens with zero attached hydrogens (tertiary/aromatic N) is 1. The van der Waals surface area contributed by atoms with Gasteiger partial charge in [-0.25, -0.2) is 4.39 Å². The van der Waals surface area contributed by atoms with Gasteiger partial charge in [0.1, 0.15) is 12.5 Å². The Morgan fingerprint density at radius 2 is 2.55 bits per heavy atom. The smallest absolute Gasteiger partial charge is 0.140 e. The van der Waals surface area contributed by atoms with Crippen molar-refractivity contribution in [3.63, 3.8) is 0 Å². The molecular formula is C7H11FN2O. The molecule has 0 saturated carbocycles. The van der Waals surface area contributed by atoms with Gasteiger partial charge in [-0.2, -0.15) is 0 Å². The summed E-state index contributed by atoms with van der Waals surface area (Å²) in [5, 5.41) is 0. The van der Waals surface area contributed by atoms with Crippen LogP contribution < -0.4 is 5.73 Å². The maximum Gasteiger partial charge on any atom is 0.140 e. The average molecular weight is 158 g/mol. The first kappa shape index (κ1) is 8.17. The van der Waals surface area contributed by atoms with Crippen LogP contribution in [0.4, 0.5) is 4.39 Å². The second kappa shape index (κ2) is 2.60. The van der Waals surface area contributed by atoms with E-state index in [1.54, 1.807) is 0 Å². The van der Waals surface area contributed by atoms with Crippen LogP contribution in [0, 0.1) is 5.41 Å². The van der Waals surface area contributed by atoms with Gasteiger partial charge in [0.2, 0.25) is 0 Å². The van der Waals surface area contributed by atoms with Crippen molar-refractivity contribution in [1.82, 2.24) is 0 Å². The van der Waals surface area contributed by atoms with Gasteiger partial charge in [0.05, 0.1) is 17.8 Å². The molecule has 62 valence electrons. The predicted molar refractivity (Wildman–Crippen MR) is 40.2 cm³/mol. The minimum atomic E-state index is -0.927. The highest BCUT2D eigenvalue weighted by Gasteiger charge is 2.39. The van der Waals surface area contributed by atoms with Crippen LogP contribution in [0.25, 0.3) is 0 Å². The van der Waals surface area contributed by atoms with Crippen molar-refractivity contribution in [3.05, 3.63) is 0 Å². The van der Waals surface area contributed by atoms with Gasteiger partial charge in [-0.15, -0.1) is 0 Å². The fourth-order valence-electron chi connectivity index (χ4n) is 1.13. The number of aliphatic imine (C=N–C) groups is 1. The molecular weight excluding hydrogens is 147 g/mol. The lowest BCUT2D eigenvalue weighted by molar-refractivity contribution is -0.126. The Morgan fingerprint density at radius 1 is 1.91 bits per heavy atom. The van der Waals surface area contributed by atoms with E-state index in [-0.39, 0.29) is 18.7 Å². The summed E-state index contributed by atoms with van der Waals surface area (Å²) in [5.74, 6) is 0.224. The molecule has 0 aromatic heterocycles. The molecule has 0 saturated heterocycles. The van der Waals surface area contributed by atoms with Gasteiger partial charge in [-0.3, -0.25) is 9.79 Å². The van der Waals surface area contributed by atoms with Crippen molar-refractivity contribution < 1.29 is 9.18 Å². The molecule has 1 rings (SSSR count). The number of ketones is 1. The Morgan fingerprint density at radius 3 is 2.73 bits per heavy atom. The van der Waals surface area contributed by atoms with E-state index >= 15 is 0 Å². The molecule has 1 unspecified atom stereocenters. The number of Topliss-reactive ketones (excluding diaryl/α,β-unsaturated/α-hetero) is 1. The maximum absolute atomic E-state index is 12.4. The highest BCUT2D eigenvalue weighted by Crippen LogP contribution is 2.29. The number of carbonyl (C=O) groups is 1. The summed E-state index contributed by atoms with van der Waals surface area (Å²) in [4.78, 5) is 14.8. The molecule has 2 N–H and O–H groups in total. The molecule has 1 aliphatic heterocycles. The Labute approximate surface area is 64.5 Å². The number of alkyl halides is 1. The van der Waals surface area contributed by atoms with Crippen LogP contribution in [0.5, 0.6) is 0 Å². The van der Waals surface area contributed by atoms with E-state index < -0.39 is 12.1 Å². The number of carbonyl (C=O) groups excluding carboxylic acids is 1. The minimum absolute atomic E-state index is 0.163. The van der Waals surface area contributed by atoms with Crippen molar-refractivity contribution >= 4 is 11.6 Å². The van der Waals surface area contributed by atoms with Gasteiger partial charge in [0.15, 0.2) is 0 Å². The molecule has 11 heavy (non-hydrogen) atoms. The monoisotopic (exact) mass is 158 g/mol. The predicted octanol–water partition coefficient (Wildman–Crippen LogP) is 0.292. The summed E-state index contributed by atoms with van der Waals surface area (Å²) >= 11 is 0. The van der Waals surface area contributed by atoms with Gasteiger partial charge in [-0.1, -0.05) is 0 Å². The third-order valence-corrected chi connectivity index (χ3v) is 2.11. The van der Waals surface area contributed by atoms with Crippen LogP contribution in [0.2, 0.25) is 0 Å². The van der Waals surface area contributed by atoms with E-state index in [0.29, 0.717) is 5.84 Å². The van der Waals surface area contributed by atoms with Gasteiger partial charge in [0, 0.05) is 6.42 Å². The van der Waals surface area contributed by atoms with Gasteiger partial charge >= 0.3 is 0 Å². The van der Waals surface area contributed by atoms with Crippen molar-refractivity contribution in [2.24, 2.45) is 16.1 Å². The summed E-state index contributed by atoms with van der Waals surface area (Å²) in [6, 6.07) is 0. The Bertz CT molecular complexity index is 214. The second-order valence-corrected chi connectivity index (χ2v) is 2.95. The topological polar surface area (TPSA) is 55.5 Å². The molecule has 0 spiro atoms. The van der Waals surface area contributed by atoms with Crippen LogP contribution in [-0.2, 0) is 4.79 Å². The first-order chi connectivity index (χ1) is 5.10. The Hall–Kier alpha value is -0.930. The van der Waals surface area contributed by atoms with E-state index in [0.717, 1.165) is 0 Å². The fourth-order valence-corrected chi connectivity index (χ4v) is 1.13. The van der Waals surface area contributed by atoms with Crippen LogP contribution in [0.3, 0.4) is 0 Å². The Balaban J connectivity index is 2.75. The lowest BCUT2D eigenvalue weighted by Crippen LogP contribution is -2.33. The molecule has 0 radical (unpaired) electrons. The highest BCUT2D eigenvalue weighted by molar-refractivity contribution is 5.93. The van der Waals surface area contributed by atoms with Crippen LogP contribution in [0.1, 0.15) is 13.3 Å². The third kappa shape index (κ3) is 1.25. The normalized spacial score (nSPS) is 30.2. The van der Waals surface area contributed by atoms with Crippen LogP contribution >= 0.6 is 0 Å². The fraction of sp³-hybridized carbons (Fsp3) is 0.714. The average Bonchev–Trinajstić information content (AvgIpc) is 2.33. The molecule has 0 aliphatic carbocycles. The van der Waals surface area contributed by atoms with Crippen LogP contribution in [-0.4, -0.2) is 24.8 Å². The summed E-state index contributed by atoms with van der Waals surface area (Å²) in [6.07, 6.45) is 0.277. The minimum Gasteiger partial charge on any atom is -0.387 e. The van der Waals surface area contributed by atoms with Crippen molar-refractivity contribution in [3.8, 4) is 0 Å². The summed E-state index contributed by atoms with van der Waals surface area (Å²) in [7, 11) is 0. The number of hydrogen-bond acceptors (Lipinski definition) is 3.